The van der Waals surface area contributed by atoms with Gasteiger partial charge >= 0.3 is 0 Å². The van der Waals surface area contributed by atoms with E-state index in [1.165, 1.54) is 13.2 Å². The quantitative estimate of drug-likeness (QED) is 0.531. The number of rotatable bonds is 1. The highest BCUT2D eigenvalue weighted by atomic mass is 16.6. The van der Waals surface area contributed by atoms with Crippen molar-refractivity contribution in [2.75, 3.05) is 7.11 Å². The summed E-state index contributed by atoms with van der Waals surface area (Å²) in [6.45, 7) is 1.72. The number of hydrogen-bond acceptors (Lipinski definition) is 3. The molecule has 1 amide bonds. The molecule has 0 aromatic carbocycles. The molecule has 4 nitrogen and oxygen atoms in total. The van der Waals surface area contributed by atoms with Crippen LogP contribution in [0.15, 0.2) is 11.6 Å². The molecule has 1 aliphatic rings. The maximum absolute atomic E-state index is 10.7. The number of hydroxylamine groups is 2. The van der Waals surface area contributed by atoms with Crippen molar-refractivity contribution >= 4 is 5.91 Å². The average Bonchev–Trinajstić information content (AvgIpc) is 2.09. The van der Waals surface area contributed by atoms with Crippen molar-refractivity contribution in [3.05, 3.63) is 11.6 Å². The van der Waals surface area contributed by atoms with Gasteiger partial charge in [-0.3, -0.25) is 10.0 Å². The molecular weight excluding hydrogens is 134 g/mol. The predicted octanol–water partition coefficient (Wildman–Crippen LogP) is 0.137. The van der Waals surface area contributed by atoms with E-state index in [0.717, 1.165) is 5.57 Å². The lowest BCUT2D eigenvalue weighted by Crippen LogP contribution is -2.32. The van der Waals surface area contributed by atoms with Gasteiger partial charge in [-0.15, -0.1) is 0 Å². The molecule has 1 aliphatic heterocycles. The minimum atomic E-state index is -0.590. The van der Waals surface area contributed by atoms with Crippen molar-refractivity contribution < 1.29 is 14.7 Å². The van der Waals surface area contributed by atoms with E-state index in [0.29, 0.717) is 5.06 Å². The molecular formula is C6H9NO3. The van der Waals surface area contributed by atoms with E-state index in [1.807, 2.05) is 0 Å². The summed E-state index contributed by atoms with van der Waals surface area (Å²) in [5, 5.41) is 9.50. The smallest absolute Gasteiger partial charge is 0.272 e. The number of methoxy groups -OCH3 is 1. The Morgan fingerprint density at radius 3 is 2.60 bits per heavy atom. The van der Waals surface area contributed by atoms with Crippen molar-refractivity contribution in [2.45, 2.75) is 13.2 Å². The van der Waals surface area contributed by atoms with Crippen molar-refractivity contribution in [2.24, 2.45) is 0 Å². The number of nitrogens with zero attached hydrogens (tertiary/aromatic N) is 1. The SMILES string of the molecule is COC1C(C)=CC(=O)N1O. The average molecular weight is 143 g/mol. The molecule has 0 saturated carbocycles. The molecule has 0 aliphatic carbocycles. The van der Waals surface area contributed by atoms with Crippen LogP contribution >= 0.6 is 0 Å². The molecule has 10 heavy (non-hydrogen) atoms. The third-order valence-corrected chi connectivity index (χ3v) is 1.41. The fourth-order valence-electron chi connectivity index (χ4n) is 0.926. The minimum absolute atomic E-state index is 0.427. The van der Waals surface area contributed by atoms with Gasteiger partial charge < -0.3 is 4.74 Å². The van der Waals surface area contributed by atoms with Gasteiger partial charge in [0.2, 0.25) is 0 Å². The summed E-state index contributed by atoms with van der Waals surface area (Å²) in [7, 11) is 1.43. The maximum atomic E-state index is 10.7. The fourth-order valence-corrected chi connectivity index (χ4v) is 0.926. The number of carbonyl (C=O) groups is 1. The van der Waals surface area contributed by atoms with Gasteiger partial charge in [-0.25, -0.2) is 0 Å². The van der Waals surface area contributed by atoms with Gasteiger partial charge in [0.05, 0.1) is 0 Å². The Kier molecular flexibility index (Phi) is 1.74. The van der Waals surface area contributed by atoms with Gasteiger partial charge in [-0.2, -0.15) is 5.06 Å². The van der Waals surface area contributed by atoms with E-state index >= 15 is 0 Å². The van der Waals surface area contributed by atoms with Crippen LogP contribution in [0.1, 0.15) is 6.92 Å². The van der Waals surface area contributed by atoms with Gasteiger partial charge in [0.25, 0.3) is 5.91 Å². The van der Waals surface area contributed by atoms with Gasteiger partial charge in [0.15, 0.2) is 6.23 Å². The standard InChI is InChI=1S/C6H9NO3/c1-4-3-5(8)7(9)6(4)10-2/h3,6,9H,1-2H3. The molecule has 4 heteroatoms. The summed E-state index contributed by atoms with van der Waals surface area (Å²) in [5.41, 5.74) is 0.718. The Hall–Kier alpha value is -0.870. The summed E-state index contributed by atoms with van der Waals surface area (Å²) < 4.78 is 4.79. The number of ether oxygens (including phenoxy) is 1. The Morgan fingerprint density at radius 1 is 1.80 bits per heavy atom. The van der Waals surface area contributed by atoms with Crippen molar-refractivity contribution in [1.29, 1.82) is 0 Å². The van der Waals surface area contributed by atoms with E-state index in [-0.39, 0.29) is 0 Å². The Balaban J connectivity index is 2.77. The zero-order valence-corrected chi connectivity index (χ0v) is 5.87. The van der Waals surface area contributed by atoms with E-state index in [4.69, 9.17) is 9.94 Å². The summed E-state index contributed by atoms with van der Waals surface area (Å²) in [6, 6.07) is 0. The van der Waals surface area contributed by atoms with Crippen LogP contribution in [0.2, 0.25) is 0 Å². The highest BCUT2D eigenvalue weighted by molar-refractivity contribution is 5.90. The zero-order valence-electron chi connectivity index (χ0n) is 5.87. The van der Waals surface area contributed by atoms with E-state index in [1.54, 1.807) is 6.92 Å². The number of carbonyl (C=O) groups excluding carboxylic acids is 1. The summed E-state index contributed by atoms with van der Waals surface area (Å²) in [6.07, 6.45) is 0.751. The first-order valence-electron chi connectivity index (χ1n) is 2.90. The molecule has 1 N–H and O–H groups in total. The Morgan fingerprint density at radius 2 is 2.40 bits per heavy atom. The topological polar surface area (TPSA) is 49.8 Å². The monoisotopic (exact) mass is 143 g/mol. The third kappa shape index (κ3) is 0.913. The molecule has 0 fully saturated rings. The first kappa shape index (κ1) is 7.24. The molecule has 0 saturated heterocycles. The largest absolute Gasteiger partial charge is 0.355 e. The lowest BCUT2D eigenvalue weighted by Gasteiger charge is -2.17. The molecule has 1 atom stereocenters. The molecule has 0 bridgehead atoms. The van der Waals surface area contributed by atoms with Gasteiger partial charge in [0.1, 0.15) is 0 Å². The fraction of sp³-hybridized carbons (Fsp3) is 0.500. The van der Waals surface area contributed by atoms with Gasteiger partial charge in [-0.05, 0) is 12.5 Å². The van der Waals surface area contributed by atoms with Crippen molar-refractivity contribution in [1.82, 2.24) is 5.06 Å². The lowest BCUT2D eigenvalue weighted by molar-refractivity contribution is -0.192. The third-order valence-electron chi connectivity index (χ3n) is 1.41. The second-order valence-electron chi connectivity index (χ2n) is 2.16. The van der Waals surface area contributed by atoms with Gasteiger partial charge in [0, 0.05) is 13.2 Å². The second-order valence-corrected chi connectivity index (χ2v) is 2.16. The minimum Gasteiger partial charge on any atom is -0.355 e. The predicted molar refractivity (Wildman–Crippen MR) is 33.2 cm³/mol. The highest BCUT2D eigenvalue weighted by Crippen LogP contribution is 2.16. The maximum Gasteiger partial charge on any atom is 0.272 e. The molecule has 0 aromatic heterocycles. The zero-order chi connectivity index (χ0) is 7.72. The van der Waals surface area contributed by atoms with E-state index < -0.39 is 12.1 Å². The molecule has 1 heterocycles. The highest BCUT2D eigenvalue weighted by Gasteiger charge is 2.28. The van der Waals surface area contributed by atoms with Crippen molar-refractivity contribution in [3.8, 4) is 0 Å². The van der Waals surface area contributed by atoms with Crippen LogP contribution in [0.5, 0.6) is 0 Å². The van der Waals surface area contributed by atoms with Crippen LogP contribution in [-0.4, -0.2) is 29.5 Å². The van der Waals surface area contributed by atoms with Crippen molar-refractivity contribution in [3.63, 3.8) is 0 Å². The Labute approximate surface area is 58.7 Å². The molecule has 0 aromatic rings. The second kappa shape index (κ2) is 2.40. The molecule has 1 rings (SSSR count). The van der Waals surface area contributed by atoms with Gasteiger partial charge in [-0.1, -0.05) is 0 Å². The van der Waals surface area contributed by atoms with Crippen LogP contribution in [-0.2, 0) is 9.53 Å². The van der Waals surface area contributed by atoms with Crippen LogP contribution in [0.4, 0.5) is 0 Å². The van der Waals surface area contributed by atoms with Crippen LogP contribution < -0.4 is 0 Å². The first-order chi connectivity index (χ1) is 4.66. The summed E-state index contributed by atoms with van der Waals surface area (Å²) in [5.74, 6) is -0.427. The first-order valence-corrected chi connectivity index (χ1v) is 2.90. The normalized spacial score (nSPS) is 25.5. The molecule has 0 spiro atoms. The Bertz CT molecular complexity index is 187. The molecule has 0 radical (unpaired) electrons. The molecule has 1 unspecified atom stereocenters. The van der Waals surface area contributed by atoms with E-state index in [2.05, 4.69) is 0 Å². The van der Waals surface area contributed by atoms with Crippen LogP contribution in [0, 0.1) is 0 Å². The summed E-state index contributed by atoms with van der Waals surface area (Å²) >= 11 is 0. The van der Waals surface area contributed by atoms with Crippen LogP contribution in [0.3, 0.4) is 0 Å². The molecule has 56 valence electrons. The lowest BCUT2D eigenvalue weighted by atomic mass is 10.3. The number of hydrogen-bond donors (Lipinski definition) is 1. The van der Waals surface area contributed by atoms with Crippen LogP contribution in [0.25, 0.3) is 0 Å². The summed E-state index contributed by atoms with van der Waals surface area (Å²) in [4.78, 5) is 10.7. The number of amides is 1. The van der Waals surface area contributed by atoms with E-state index in [9.17, 15) is 4.79 Å².